The van der Waals surface area contributed by atoms with Gasteiger partial charge in [0.15, 0.2) is 0 Å². The van der Waals surface area contributed by atoms with E-state index in [0.29, 0.717) is 35.6 Å². The Morgan fingerprint density at radius 2 is 1.51 bits per heavy atom. The standard InChI is InChI=1S/C23H26N4O9S/c28-21-11-20(25(12-21)23(30)36-14-17-3-7-19(8-4-17)27(33)34)15-37-10-9-24-22(29)35-13-16-1-5-18(6-2-16)26(31)32/h1-8,20-21,28H,9-15H2,(H,24,29)/t20-,21+/m0/s1. The molecule has 0 spiro atoms. The molecule has 1 fully saturated rings. The summed E-state index contributed by atoms with van der Waals surface area (Å²) in [7, 11) is 0. The van der Waals surface area contributed by atoms with Crippen LogP contribution in [-0.2, 0) is 22.7 Å². The van der Waals surface area contributed by atoms with Gasteiger partial charge in [0, 0.05) is 48.4 Å². The van der Waals surface area contributed by atoms with Gasteiger partial charge in [0.05, 0.1) is 22.5 Å². The Morgan fingerprint density at radius 3 is 2.05 bits per heavy atom. The molecule has 1 aliphatic rings. The van der Waals surface area contributed by atoms with Gasteiger partial charge in [-0.1, -0.05) is 0 Å². The number of amides is 2. The van der Waals surface area contributed by atoms with Crippen LogP contribution in [0.1, 0.15) is 17.5 Å². The summed E-state index contributed by atoms with van der Waals surface area (Å²) in [4.78, 5) is 46.2. The van der Waals surface area contributed by atoms with Gasteiger partial charge in [0.2, 0.25) is 0 Å². The summed E-state index contributed by atoms with van der Waals surface area (Å²) in [5.74, 6) is 1.08. The molecule has 0 unspecified atom stereocenters. The molecule has 3 rings (SSSR count). The van der Waals surface area contributed by atoms with Crippen LogP contribution in [0.15, 0.2) is 48.5 Å². The maximum atomic E-state index is 12.5. The first-order valence-electron chi connectivity index (χ1n) is 11.3. The van der Waals surface area contributed by atoms with Crippen molar-refractivity contribution in [3.63, 3.8) is 0 Å². The first-order chi connectivity index (χ1) is 17.7. The lowest BCUT2D eigenvalue weighted by Gasteiger charge is -2.23. The van der Waals surface area contributed by atoms with Gasteiger partial charge in [-0.2, -0.15) is 11.8 Å². The summed E-state index contributed by atoms with van der Waals surface area (Å²) in [6, 6.07) is 11.2. The summed E-state index contributed by atoms with van der Waals surface area (Å²) in [6.45, 7) is 0.407. The number of ether oxygens (including phenoxy) is 2. The van der Waals surface area contributed by atoms with E-state index in [1.54, 1.807) is 0 Å². The van der Waals surface area contributed by atoms with Crippen LogP contribution in [-0.4, -0.2) is 68.8 Å². The molecule has 0 aromatic heterocycles. The Morgan fingerprint density at radius 1 is 0.973 bits per heavy atom. The van der Waals surface area contributed by atoms with Gasteiger partial charge in [-0.3, -0.25) is 20.2 Å². The highest BCUT2D eigenvalue weighted by Crippen LogP contribution is 2.23. The normalized spacial score (nSPS) is 16.7. The highest BCUT2D eigenvalue weighted by Gasteiger charge is 2.35. The molecule has 2 N–H and O–H groups in total. The number of non-ortho nitro benzene ring substituents is 2. The second kappa shape index (κ2) is 13.4. The molecule has 2 aromatic carbocycles. The van der Waals surface area contributed by atoms with E-state index >= 15 is 0 Å². The number of nitrogens with one attached hydrogen (secondary N) is 1. The minimum atomic E-state index is -0.662. The third-order valence-corrected chi connectivity index (χ3v) is 6.59. The molecule has 2 atom stereocenters. The van der Waals surface area contributed by atoms with Crippen molar-refractivity contribution >= 4 is 35.3 Å². The number of β-amino-alcohol motifs (C(OH)–C–C–N with tert-alkyl or cyclic N) is 1. The molecule has 2 aromatic rings. The van der Waals surface area contributed by atoms with Gasteiger partial charge < -0.3 is 24.8 Å². The molecule has 2 amide bonds. The van der Waals surface area contributed by atoms with Crippen molar-refractivity contribution in [2.75, 3.05) is 24.6 Å². The summed E-state index contributed by atoms with van der Waals surface area (Å²) < 4.78 is 10.4. The Balaban J connectivity index is 1.33. The van der Waals surface area contributed by atoms with Crippen LogP contribution in [0.25, 0.3) is 0 Å². The first-order valence-corrected chi connectivity index (χ1v) is 12.4. The average Bonchev–Trinajstić information content (AvgIpc) is 3.26. The van der Waals surface area contributed by atoms with E-state index in [-0.39, 0.29) is 37.2 Å². The molecular formula is C23H26N4O9S. The van der Waals surface area contributed by atoms with Crippen LogP contribution in [0.3, 0.4) is 0 Å². The van der Waals surface area contributed by atoms with E-state index in [1.165, 1.54) is 65.2 Å². The molecule has 0 bridgehead atoms. The SMILES string of the molecule is O=C(NCCSC[C@@H]1C[C@@H](O)CN1C(=O)OCc1ccc([N+](=O)[O-])cc1)OCc1ccc([N+](=O)[O-])cc1. The molecule has 13 nitrogen and oxygen atoms in total. The van der Waals surface area contributed by atoms with E-state index in [2.05, 4.69) is 5.32 Å². The number of rotatable bonds is 11. The third kappa shape index (κ3) is 8.61. The number of aliphatic hydroxyl groups is 1. The molecule has 0 aliphatic carbocycles. The number of likely N-dealkylation sites (tertiary alicyclic amines) is 1. The fraction of sp³-hybridized carbons (Fsp3) is 0.391. The highest BCUT2D eigenvalue weighted by molar-refractivity contribution is 7.99. The van der Waals surface area contributed by atoms with Crippen molar-refractivity contribution in [1.82, 2.24) is 10.2 Å². The zero-order valence-electron chi connectivity index (χ0n) is 19.7. The van der Waals surface area contributed by atoms with Crippen LogP contribution in [0.5, 0.6) is 0 Å². The van der Waals surface area contributed by atoms with Gasteiger partial charge in [0.25, 0.3) is 11.4 Å². The molecule has 1 saturated heterocycles. The number of hydrogen-bond acceptors (Lipinski definition) is 10. The fourth-order valence-corrected chi connectivity index (χ4v) is 4.58. The number of nitro benzene ring substituents is 2. The monoisotopic (exact) mass is 534 g/mol. The lowest BCUT2D eigenvalue weighted by molar-refractivity contribution is -0.385. The van der Waals surface area contributed by atoms with Gasteiger partial charge in [-0.25, -0.2) is 9.59 Å². The van der Waals surface area contributed by atoms with E-state index in [0.717, 1.165) is 0 Å². The lowest BCUT2D eigenvalue weighted by atomic mass is 10.2. The Labute approximate surface area is 216 Å². The van der Waals surface area contributed by atoms with Crippen molar-refractivity contribution in [2.24, 2.45) is 0 Å². The maximum Gasteiger partial charge on any atom is 0.410 e. The number of thioether (sulfide) groups is 1. The smallest absolute Gasteiger partial charge is 0.410 e. The maximum absolute atomic E-state index is 12.5. The highest BCUT2D eigenvalue weighted by atomic mass is 32.2. The Bertz CT molecular complexity index is 1100. The van der Waals surface area contributed by atoms with E-state index in [9.17, 15) is 34.9 Å². The van der Waals surface area contributed by atoms with Crippen molar-refractivity contribution in [1.29, 1.82) is 0 Å². The van der Waals surface area contributed by atoms with Crippen LogP contribution in [0.2, 0.25) is 0 Å². The van der Waals surface area contributed by atoms with Gasteiger partial charge >= 0.3 is 12.2 Å². The van der Waals surface area contributed by atoms with Crippen molar-refractivity contribution in [3.8, 4) is 0 Å². The van der Waals surface area contributed by atoms with Crippen LogP contribution in [0, 0.1) is 20.2 Å². The summed E-state index contributed by atoms with van der Waals surface area (Å²) in [5, 5.41) is 34.0. The number of carbonyl (C=O) groups excluding carboxylic acids is 2. The molecule has 0 radical (unpaired) electrons. The van der Waals surface area contributed by atoms with Gasteiger partial charge in [-0.05, 0) is 41.8 Å². The third-order valence-electron chi connectivity index (χ3n) is 5.48. The minimum Gasteiger partial charge on any atom is -0.445 e. The number of carbonyl (C=O) groups is 2. The van der Waals surface area contributed by atoms with E-state index in [4.69, 9.17) is 9.47 Å². The molecule has 14 heteroatoms. The molecule has 0 saturated carbocycles. The topological polar surface area (TPSA) is 174 Å². The Hall–Kier alpha value is -3.91. The second-order valence-electron chi connectivity index (χ2n) is 8.18. The van der Waals surface area contributed by atoms with Crippen molar-refractivity contribution < 1.29 is 34.0 Å². The number of benzene rings is 2. The average molecular weight is 535 g/mol. The Kier molecular flexibility index (Phi) is 10.0. The summed E-state index contributed by atoms with van der Waals surface area (Å²) in [6.07, 6.45) is -1.45. The molecule has 1 heterocycles. The predicted octanol–water partition coefficient (Wildman–Crippen LogP) is 3.23. The van der Waals surface area contributed by atoms with Crippen molar-refractivity contribution in [2.45, 2.75) is 31.8 Å². The largest absolute Gasteiger partial charge is 0.445 e. The number of alkyl carbamates (subject to hydrolysis) is 1. The quantitative estimate of drug-likeness (QED) is 0.247. The van der Waals surface area contributed by atoms with Crippen LogP contribution in [0.4, 0.5) is 21.0 Å². The number of hydrogen-bond donors (Lipinski definition) is 2. The second-order valence-corrected chi connectivity index (χ2v) is 9.33. The van der Waals surface area contributed by atoms with Crippen molar-refractivity contribution in [3.05, 3.63) is 79.9 Å². The van der Waals surface area contributed by atoms with Crippen LogP contribution < -0.4 is 5.32 Å². The predicted molar refractivity (Wildman–Crippen MR) is 133 cm³/mol. The van der Waals surface area contributed by atoms with Gasteiger partial charge in [0.1, 0.15) is 13.2 Å². The molecule has 37 heavy (non-hydrogen) atoms. The molecule has 198 valence electrons. The number of nitro groups is 2. The van der Waals surface area contributed by atoms with E-state index < -0.39 is 28.1 Å². The summed E-state index contributed by atoms with van der Waals surface area (Å²) >= 11 is 1.49. The first kappa shape index (κ1) is 27.7. The lowest BCUT2D eigenvalue weighted by Crippen LogP contribution is -2.38. The zero-order chi connectivity index (χ0) is 26.8. The molecule has 1 aliphatic heterocycles. The van der Waals surface area contributed by atoms with E-state index in [1.807, 2.05) is 0 Å². The van der Waals surface area contributed by atoms with Gasteiger partial charge in [-0.15, -0.1) is 0 Å². The fourth-order valence-electron chi connectivity index (χ4n) is 3.57. The molecular weight excluding hydrogens is 508 g/mol. The zero-order valence-corrected chi connectivity index (χ0v) is 20.5. The summed E-state index contributed by atoms with van der Waals surface area (Å²) in [5.41, 5.74) is 1.13. The minimum absolute atomic E-state index is 0.0200. The number of aliphatic hydroxyl groups excluding tert-OH is 1. The number of nitrogens with zero attached hydrogens (tertiary/aromatic N) is 3. The van der Waals surface area contributed by atoms with Crippen LogP contribution >= 0.6 is 11.8 Å².